The molecule has 0 saturated carbocycles. The smallest absolute Gasteiger partial charge is 0.256 e. The van der Waals surface area contributed by atoms with Crippen molar-refractivity contribution in [1.29, 1.82) is 0 Å². The third-order valence-corrected chi connectivity index (χ3v) is 5.11. The van der Waals surface area contributed by atoms with Gasteiger partial charge in [0.15, 0.2) is 0 Å². The molecule has 4 rings (SSSR count). The number of hydrogen-bond donors (Lipinski definition) is 2. The van der Waals surface area contributed by atoms with E-state index in [2.05, 4.69) is 36.5 Å². The minimum atomic E-state index is -0.177. The number of aromatic nitrogens is 2. The van der Waals surface area contributed by atoms with E-state index < -0.39 is 0 Å². The number of nitrogens with zero attached hydrogens (tertiary/aromatic N) is 2. The Labute approximate surface area is 183 Å². The Morgan fingerprint density at radius 2 is 1.57 bits per heavy atom. The summed E-state index contributed by atoms with van der Waals surface area (Å²) in [5.74, 6) is 1.19. The molecule has 6 heteroatoms. The Morgan fingerprint density at radius 3 is 2.37 bits per heavy atom. The number of amides is 1. The fourth-order valence-electron chi connectivity index (χ4n) is 3.05. The SMILES string of the molecule is Cc1nc(Nc2cccc(NC(=O)c3ccccc3Br)c2)cc(-c2ccccc2)n1. The van der Waals surface area contributed by atoms with Gasteiger partial charge in [0.25, 0.3) is 5.91 Å². The molecule has 5 nitrogen and oxygen atoms in total. The van der Waals surface area contributed by atoms with Gasteiger partial charge in [-0.1, -0.05) is 48.5 Å². The van der Waals surface area contributed by atoms with Gasteiger partial charge in [-0.3, -0.25) is 4.79 Å². The maximum absolute atomic E-state index is 12.6. The second-order valence-electron chi connectivity index (χ2n) is 6.69. The number of aryl methyl sites for hydroxylation is 1. The minimum Gasteiger partial charge on any atom is -0.340 e. The van der Waals surface area contributed by atoms with Crippen molar-refractivity contribution in [3.63, 3.8) is 0 Å². The number of halogens is 1. The highest BCUT2D eigenvalue weighted by Gasteiger charge is 2.10. The van der Waals surface area contributed by atoms with Crippen molar-refractivity contribution in [1.82, 2.24) is 9.97 Å². The monoisotopic (exact) mass is 458 g/mol. The summed E-state index contributed by atoms with van der Waals surface area (Å²) in [7, 11) is 0. The van der Waals surface area contributed by atoms with E-state index in [-0.39, 0.29) is 5.91 Å². The molecule has 3 aromatic carbocycles. The first-order valence-electron chi connectivity index (χ1n) is 9.42. The van der Waals surface area contributed by atoms with E-state index in [0.717, 1.165) is 21.4 Å². The Hall–Kier alpha value is -3.51. The van der Waals surface area contributed by atoms with E-state index in [0.29, 0.717) is 22.9 Å². The summed E-state index contributed by atoms with van der Waals surface area (Å²) >= 11 is 3.41. The van der Waals surface area contributed by atoms with E-state index in [1.807, 2.05) is 85.8 Å². The second-order valence-corrected chi connectivity index (χ2v) is 7.55. The molecule has 0 fully saturated rings. The van der Waals surface area contributed by atoms with Gasteiger partial charge in [-0.05, 0) is 53.2 Å². The molecule has 0 aliphatic rings. The molecule has 30 heavy (non-hydrogen) atoms. The third kappa shape index (κ3) is 4.72. The summed E-state index contributed by atoms with van der Waals surface area (Å²) < 4.78 is 0.752. The number of carbonyl (C=O) groups is 1. The zero-order valence-electron chi connectivity index (χ0n) is 16.3. The maximum Gasteiger partial charge on any atom is 0.256 e. The van der Waals surface area contributed by atoms with E-state index in [1.165, 1.54) is 0 Å². The van der Waals surface area contributed by atoms with Crippen molar-refractivity contribution >= 4 is 39.0 Å². The molecule has 0 saturated heterocycles. The van der Waals surface area contributed by atoms with Crippen molar-refractivity contribution in [2.45, 2.75) is 6.92 Å². The van der Waals surface area contributed by atoms with Crippen molar-refractivity contribution in [2.75, 3.05) is 10.6 Å². The third-order valence-electron chi connectivity index (χ3n) is 4.42. The molecule has 0 spiro atoms. The Bertz CT molecular complexity index is 1190. The molecule has 1 heterocycles. The summed E-state index contributed by atoms with van der Waals surface area (Å²) in [4.78, 5) is 21.6. The lowest BCUT2D eigenvalue weighted by Crippen LogP contribution is -2.12. The fourth-order valence-corrected chi connectivity index (χ4v) is 3.52. The molecule has 0 aliphatic heterocycles. The number of carbonyl (C=O) groups excluding carboxylic acids is 1. The highest BCUT2D eigenvalue weighted by molar-refractivity contribution is 9.10. The lowest BCUT2D eigenvalue weighted by Gasteiger charge is -2.11. The molecule has 0 atom stereocenters. The van der Waals surface area contributed by atoms with Crippen LogP contribution in [0.25, 0.3) is 11.3 Å². The molecule has 0 unspecified atom stereocenters. The van der Waals surface area contributed by atoms with Crippen LogP contribution < -0.4 is 10.6 Å². The van der Waals surface area contributed by atoms with Crippen LogP contribution in [-0.2, 0) is 0 Å². The predicted octanol–water partition coefficient (Wildman–Crippen LogP) is 6.21. The van der Waals surface area contributed by atoms with Gasteiger partial charge in [0.05, 0.1) is 11.3 Å². The highest BCUT2D eigenvalue weighted by atomic mass is 79.9. The van der Waals surface area contributed by atoms with Crippen LogP contribution in [0.4, 0.5) is 17.2 Å². The molecule has 0 radical (unpaired) electrons. The minimum absolute atomic E-state index is 0.177. The van der Waals surface area contributed by atoms with E-state index >= 15 is 0 Å². The standard InChI is InChI=1S/C24H19BrN4O/c1-16-26-22(17-8-3-2-4-9-17)15-23(27-16)28-18-10-7-11-19(14-18)29-24(30)20-12-5-6-13-21(20)25/h2-15H,1H3,(H,29,30)(H,26,27,28). The van der Waals surface area contributed by atoms with Crippen LogP contribution in [0.15, 0.2) is 89.4 Å². The normalized spacial score (nSPS) is 10.5. The van der Waals surface area contributed by atoms with E-state index in [1.54, 1.807) is 6.07 Å². The largest absolute Gasteiger partial charge is 0.340 e. The van der Waals surface area contributed by atoms with Gasteiger partial charge in [0.2, 0.25) is 0 Å². The van der Waals surface area contributed by atoms with E-state index in [4.69, 9.17) is 0 Å². The summed E-state index contributed by atoms with van der Waals surface area (Å²) in [6.45, 7) is 1.87. The number of nitrogens with one attached hydrogen (secondary N) is 2. The Kier molecular flexibility index (Phi) is 5.86. The van der Waals surface area contributed by atoms with Crippen LogP contribution in [0.2, 0.25) is 0 Å². The summed E-state index contributed by atoms with van der Waals surface area (Å²) in [6, 6.07) is 26.7. The average molecular weight is 459 g/mol. The van der Waals surface area contributed by atoms with Crippen LogP contribution in [0, 0.1) is 6.92 Å². The van der Waals surface area contributed by atoms with Crippen LogP contribution >= 0.6 is 15.9 Å². The first kappa shape index (κ1) is 19.8. The summed E-state index contributed by atoms with van der Waals surface area (Å²) in [5.41, 5.74) is 3.96. The average Bonchev–Trinajstić information content (AvgIpc) is 2.74. The second kappa shape index (κ2) is 8.88. The van der Waals surface area contributed by atoms with Gasteiger partial charge < -0.3 is 10.6 Å². The molecule has 148 valence electrons. The van der Waals surface area contributed by atoms with Crippen LogP contribution in [0.3, 0.4) is 0 Å². The van der Waals surface area contributed by atoms with Gasteiger partial charge in [-0.15, -0.1) is 0 Å². The van der Waals surface area contributed by atoms with E-state index in [9.17, 15) is 4.79 Å². The first-order valence-corrected chi connectivity index (χ1v) is 10.2. The van der Waals surface area contributed by atoms with Gasteiger partial charge in [-0.2, -0.15) is 0 Å². The molecular formula is C24H19BrN4O. The number of anilines is 3. The van der Waals surface area contributed by atoms with Crippen LogP contribution in [0.1, 0.15) is 16.2 Å². The zero-order valence-corrected chi connectivity index (χ0v) is 17.8. The van der Waals surface area contributed by atoms with Crippen molar-refractivity contribution in [3.05, 3.63) is 101 Å². The van der Waals surface area contributed by atoms with Crippen LogP contribution in [-0.4, -0.2) is 15.9 Å². The lowest BCUT2D eigenvalue weighted by atomic mass is 10.1. The molecule has 0 bridgehead atoms. The number of benzene rings is 3. The molecule has 4 aromatic rings. The van der Waals surface area contributed by atoms with Gasteiger partial charge in [0.1, 0.15) is 11.6 Å². The molecule has 1 aromatic heterocycles. The molecule has 2 N–H and O–H groups in total. The summed E-state index contributed by atoms with van der Waals surface area (Å²) in [6.07, 6.45) is 0. The van der Waals surface area contributed by atoms with Gasteiger partial charge in [0, 0.05) is 27.5 Å². The maximum atomic E-state index is 12.6. The number of hydrogen-bond acceptors (Lipinski definition) is 4. The fraction of sp³-hybridized carbons (Fsp3) is 0.0417. The zero-order chi connectivity index (χ0) is 20.9. The predicted molar refractivity (Wildman–Crippen MR) is 124 cm³/mol. The highest BCUT2D eigenvalue weighted by Crippen LogP contribution is 2.24. The number of rotatable bonds is 5. The first-order chi connectivity index (χ1) is 14.6. The van der Waals surface area contributed by atoms with Gasteiger partial charge >= 0.3 is 0 Å². The summed E-state index contributed by atoms with van der Waals surface area (Å²) in [5, 5.41) is 6.24. The van der Waals surface area contributed by atoms with Crippen molar-refractivity contribution in [3.8, 4) is 11.3 Å². The van der Waals surface area contributed by atoms with Crippen LogP contribution in [0.5, 0.6) is 0 Å². The molecular weight excluding hydrogens is 440 g/mol. The molecule has 1 amide bonds. The lowest BCUT2D eigenvalue weighted by molar-refractivity contribution is 0.102. The Balaban J connectivity index is 1.54. The quantitative estimate of drug-likeness (QED) is 0.372. The Morgan fingerprint density at radius 1 is 0.833 bits per heavy atom. The molecule has 0 aliphatic carbocycles. The topological polar surface area (TPSA) is 66.9 Å². The van der Waals surface area contributed by atoms with Gasteiger partial charge in [-0.25, -0.2) is 9.97 Å². The van der Waals surface area contributed by atoms with Crippen molar-refractivity contribution < 1.29 is 4.79 Å². The van der Waals surface area contributed by atoms with Crippen molar-refractivity contribution in [2.24, 2.45) is 0 Å².